The van der Waals surface area contributed by atoms with Gasteiger partial charge in [-0.15, -0.1) is 18.9 Å². The van der Waals surface area contributed by atoms with Crippen LogP contribution < -0.4 is 0 Å². The second kappa shape index (κ2) is 12.5. The van der Waals surface area contributed by atoms with E-state index in [0.717, 1.165) is 56.3 Å². The number of rotatable bonds is 13. The van der Waals surface area contributed by atoms with Crippen LogP contribution in [0.5, 0.6) is 0 Å². The lowest BCUT2D eigenvalue weighted by atomic mass is 9.52. The molecule has 2 rings (SSSR count). The second-order valence-electron chi connectivity index (χ2n) is 11.9. The van der Waals surface area contributed by atoms with Crippen LogP contribution >= 0.6 is 0 Å². The van der Waals surface area contributed by atoms with Crippen molar-refractivity contribution < 1.29 is 5.11 Å². The molecule has 0 saturated heterocycles. The van der Waals surface area contributed by atoms with Crippen molar-refractivity contribution >= 4 is 0 Å². The number of hydrogen-bond donors (Lipinski definition) is 1. The van der Waals surface area contributed by atoms with Gasteiger partial charge in [-0.2, -0.15) is 0 Å². The van der Waals surface area contributed by atoms with Gasteiger partial charge in [0.05, 0.1) is 5.60 Å². The summed E-state index contributed by atoms with van der Waals surface area (Å²) in [6, 6.07) is 0. The van der Waals surface area contributed by atoms with Crippen LogP contribution in [0.2, 0.25) is 0 Å². The van der Waals surface area contributed by atoms with E-state index in [4.69, 9.17) is 6.42 Å². The molecule has 2 fully saturated rings. The molecule has 1 nitrogen and oxygen atoms in total. The minimum atomic E-state index is -0.623. The Morgan fingerprint density at radius 2 is 1.91 bits per heavy atom. The minimum absolute atomic E-state index is 0.259. The fourth-order valence-corrected chi connectivity index (χ4v) is 7.60. The maximum atomic E-state index is 12.3. The molecule has 0 aromatic carbocycles. The lowest BCUT2D eigenvalue weighted by Gasteiger charge is -2.55. The topological polar surface area (TPSA) is 20.2 Å². The van der Waals surface area contributed by atoms with Crippen LogP contribution in [0.3, 0.4) is 0 Å². The molecule has 0 aromatic heterocycles. The highest BCUT2D eigenvalue weighted by Gasteiger charge is 2.60. The number of fused-ring (bicyclic) bond motifs is 1. The summed E-state index contributed by atoms with van der Waals surface area (Å²) in [6.45, 7) is 15.9. The van der Waals surface area contributed by atoms with Crippen LogP contribution in [0.4, 0.5) is 0 Å². The van der Waals surface area contributed by atoms with E-state index in [2.05, 4.69) is 59.3 Å². The Kier molecular flexibility index (Phi) is 10.6. The molecule has 0 aliphatic heterocycles. The lowest BCUT2D eigenvalue weighted by Crippen LogP contribution is -2.55. The molecule has 2 unspecified atom stereocenters. The van der Waals surface area contributed by atoms with Crippen molar-refractivity contribution in [3.8, 4) is 12.3 Å². The third kappa shape index (κ3) is 6.32. The van der Waals surface area contributed by atoms with Crippen LogP contribution in [0.1, 0.15) is 112 Å². The van der Waals surface area contributed by atoms with E-state index in [1.54, 1.807) is 0 Å². The predicted octanol–water partition coefficient (Wildman–Crippen LogP) is 8.58. The van der Waals surface area contributed by atoms with E-state index in [9.17, 15) is 5.11 Å². The first-order valence-corrected chi connectivity index (χ1v) is 13.6. The van der Waals surface area contributed by atoms with Gasteiger partial charge in [0.2, 0.25) is 0 Å². The highest BCUT2D eigenvalue weighted by Crippen LogP contribution is 2.64. The first-order valence-electron chi connectivity index (χ1n) is 13.6. The van der Waals surface area contributed by atoms with Crippen LogP contribution in [0.15, 0.2) is 24.8 Å². The van der Waals surface area contributed by atoms with Crippen LogP contribution in [-0.2, 0) is 0 Å². The van der Waals surface area contributed by atoms with Gasteiger partial charge in [0.1, 0.15) is 0 Å². The largest absolute Gasteiger partial charge is 0.389 e. The summed E-state index contributed by atoms with van der Waals surface area (Å²) in [6.07, 6.45) is 25.8. The molecule has 0 heterocycles. The third-order valence-electron chi connectivity index (χ3n) is 9.25. The van der Waals surface area contributed by atoms with E-state index in [0.29, 0.717) is 17.8 Å². The molecular weight excluding hydrogens is 388 g/mol. The molecule has 1 N–H and O–H groups in total. The van der Waals surface area contributed by atoms with Crippen molar-refractivity contribution in [3.63, 3.8) is 0 Å². The summed E-state index contributed by atoms with van der Waals surface area (Å²) in [5, 5.41) is 12.3. The van der Waals surface area contributed by atoms with Crippen LogP contribution in [0, 0.1) is 53.3 Å². The van der Waals surface area contributed by atoms with Crippen molar-refractivity contribution in [2.45, 2.75) is 117 Å². The highest BCUT2D eigenvalue weighted by atomic mass is 16.3. The normalized spacial score (nSPS) is 34.4. The molecule has 7 atom stereocenters. The zero-order valence-corrected chi connectivity index (χ0v) is 21.9. The molecule has 2 aliphatic rings. The fourth-order valence-electron chi connectivity index (χ4n) is 7.60. The summed E-state index contributed by atoms with van der Waals surface area (Å²) in [5.41, 5.74) is -0.363. The quantitative estimate of drug-likeness (QED) is 0.224. The van der Waals surface area contributed by atoms with Gasteiger partial charge >= 0.3 is 0 Å². The average molecular weight is 441 g/mol. The fraction of sp³-hybridized carbons (Fsp3) is 0.806. The van der Waals surface area contributed by atoms with Crippen molar-refractivity contribution in [1.82, 2.24) is 0 Å². The summed E-state index contributed by atoms with van der Waals surface area (Å²) < 4.78 is 0. The number of terminal acetylenes is 1. The lowest BCUT2D eigenvalue weighted by molar-refractivity contribution is -0.150. The molecular formula is C31H52O. The Hall–Kier alpha value is -1.00. The Balaban J connectivity index is 2.17. The number of allylic oxidation sites excluding steroid dienone is 2. The smallest absolute Gasteiger partial charge is 0.0743 e. The van der Waals surface area contributed by atoms with E-state index in [-0.39, 0.29) is 5.41 Å². The standard InChI is InChI=1S/C31H52O/c1-8-11-12-17-26(14-9-2)23-27-20-22-30(7)28(25(6)16-13-15-24(4)5)18-19-29(30)31(27,32)21-10-3/h2,10-12,24-29,32H,3,8,13-23H2,1,4-7H3/b12-11-/t25-,26?,27+,28-,29?,30-,31+/m1/s1. The number of aliphatic hydroxyl groups is 1. The zero-order chi connectivity index (χ0) is 23.8. The van der Waals surface area contributed by atoms with E-state index >= 15 is 0 Å². The van der Waals surface area contributed by atoms with Gasteiger partial charge in [0.15, 0.2) is 0 Å². The molecule has 0 spiro atoms. The van der Waals surface area contributed by atoms with Crippen molar-refractivity contribution in [2.24, 2.45) is 40.9 Å². The second-order valence-corrected chi connectivity index (χ2v) is 11.9. The maximum absolute atomic E-state index is 12.3. The van der Waals surface area contributed by atoms with Crippen molar-refractivity contribution in [3.05, 3.63) is 24.8 Å². The minimum Gasteiger partial charge on any atom is -0.389 e. The van der Waals surface area contributed by atoms with Crippen LogP contribution in [-0.4, -0.2) is 10.7 Å². The summed E-state index contributed by atoms with van der Waals surface area (Å²) in [4.78, 5) is 0. The Labute approximate surface area is 200 Å². The van der Waals surface area contributed by atoms with E-state index < -0.39 is 5.60 Å². The van der Waals surface area contributed by atoms with Gasteiger partial charge in [0, 0.05) is 6.42 Å². The van der Waals surface area contributed by atoms with Gasteiger partial charge < -0.3 is 5.11 Å². The highest BCUT2D eigenvalue weighted by molar-refractivity contribution is 5.12. The average Bonchev–Trinajstić information content (AvgIpc) is 3.09. The molecule has 0 radical (unpaired) electrons. The van der Waals surface area contributed by atoms with Crippen molar-refractivity contribution in [2.75, 3.05) is 0 Å². The summed E-state index contributed by atoms with van der Waals surface area (Å²) >= 11 is 0. The van der Waals surface area contributed by atoms with E-state index in [1.165, 1.54) is 38.5 Å². The molecule has 1 heteroatoms. The molecule has 0 bridgehead atoms. The first-order chi connectivity index (χ1) is 15.2. The summed E-state index contributed by atoms with van der Waals surface area (Å²) in [5.74, 6) is 6.40. The molecule has 0 amide bonds. The first kappa shape index (κ1) is 27.2. The molecule has 182 valence electrons. The Morgan fingerprint density at radius 3 is 2.53 bits per heavy atom. The molecule has 2 saturated carbocycles. The molecule has 2 aliphatic carbocycles. The van der Waals surface area contributed by atoms with Crippen molar-refractivity contribution in [1.29, 1.82) is 0 Å². The predicted molar refractivity (Wildman–Crippen MR) is 140 cm³/mol. The zero-order valence-electron chi connectivity index (χ0n) is 21.9. The monoisotopic (exact) mass is 440 g/mol. The maximum Gasteiger partial charge on any atom is 0.0743 e. The van der Waals surface area contributed by atoms with E-state index in [1.807, 2.05) is 6.08 Å². The Bertz CT molecular complexity index is 639. The third-order valence-corrected chi connectivity index (χ3v) is 9.25. The molecule has 0 aromatic rings. The van der Waals surface area contributed by atoms with Gasteiger partial charge in [-0.05, 0) is 92.3 Å². The van der Waals surface area contributed by atoms with Gasteiger partial charge in [-0.3, -0.25) is 0 Å². The Morgan fingerprint density at radius 1 is 1.16 bits per heavy atom. The summed E-state index contributed by atoms with van der Waals surface area (Å²) in [7, 11) is 0. The number of hydrogen-bond acceptors (Lipinski definition) is 1. The van der Waals surface area contributed by atoms with Crippen LogP contribution in [0.25, 0.3) is 0 Å². The van der Waals surface area contributed by atoms with Gasteiger partial charge in [0.25, 0.3) is 0 Å². The SMILES string of the molecule is C#CCC(C/C=C\CC)C[C@@H]1CC[C@@]2(C)C(CC[C@@H]2[C@H](C)CCCC(C)C)[C@]1(O)CC=C. The molecule has 32 heavy (non-hydrogen) atoms. The van der Waals surface area contributed by atoms with Gasteiger partial charge in [-0.25, -0.2) is 0 Å². The van der Waals surface area contributed by atoms with Gasteiger partial charge in [-0.1, -0.05) is 72.1 Å².